The zero-order valence-corrected chi connectivity index (χ0v) is 13.9. The maximum Gasteiger partial charge on any atom is 0.265 e. The number of benzene rings is 1. The Balaban J connectivity index is 2.01. The first-order valence-corrected chi connectivity index (χ1v) is 9.41. The summed E-state index contributed by atoms with van der Waals surface area (Å²) in [6.45, 7) is 1.70. The maximum atomic E-state index is 11.8. The van der Waals surface area contributed by atoms with Crippen molar-refractivity contribution in [3.8, 4) is 17.0 Å². The summed E-state index contributed by atoms with van der Waals surface area (Å²) < 4.78 is 21.4. The van der Waals surface area contributed by atoms with Crippen molar-refractivity contribution in [2.75, 3.05) is 17.8 Å². The Bertz CT molecular complexity index is 893. The average Bonchev–Trinajstić information content (AvgIpc) is 2.46. The fraction of sp³-hybridized carbons (Fsp3) is 0.250. The summed E-state index contributed by atoms with van der Waals surface area (Å²) >= 11 is 0. The second kappa shape index (κ2) is 5.66. The van der Waals surface area contributed by atoms with E-state index in [-0.39, 0.29) is 5.91 Å². The fourth-order valence-corrected chi connectivity index (χ4v) is 2.78. The molecule has 0 saturated heterocycles. The summed E-state index contributed by atoms with van der Waals surface area (Å²) in [5.74, 6) is 0.874. The summed E-state index contributed by atoms with van der Waals surface area (Å²) in [5.41, 5.74) is 2.12. The molecular formula is C16H17N3O3S. The number of hydrogen-bond acceptors (Lipinski definition) is 5. The van der Waals surface area contributed by atoms with Crippen LogP contribution in [0, 0.1) is 0 Å². The summed E-state index contributed by atoms with van der Waals surface area (Å²) in [5, 5.41) is 2.81. The highest BCUT2D eigenvalue weighted by molar-refractivity contribution is 7.92. The van der Waals surface area contributed by atoms with Crippen LogP contribution in [0.1, 0.15) is 6.92 Å². The van der Waals surface area contributed by atoms with E-state index in [2.05, 4.69) is 14.7 Å². The number of nitrogens with one attached hydrogen (secondary N) is 1. The van der Waals surface area contributed by atoms with Crippen LogP contribution in [-0.4, -0.2) is 33.7 Å². The summed E-state index contributed by atoms with van der Waals surface area (Å²) in [6.07, 6.45) is 2.62. The third kappa shape index (κ3) is 3.50. The number of fused-ring (bicyclic) bond motifs is 1. The number of hydrogen-bond donors (Lipinski definition) is 1. The number of anilines is 1. The minimum absolute atomic E-state index is 0.178. The van der Waals surface area contributed by atoms with Crippen LogP contribution in [0.2, 0.25) is 0 Å². The predicted molar refractivity (Wildman–Crippen MR) is 90.5 cm³/mol. The molecule has 0 saturated carbocycles. The quantitative estimate of drug-likeness (QED) is 0.917. The first-order chi connectivity index (χ1) is 10.8. The largest absolute Gasteiger partial charge is 0.479 e. The van der Waals surface area contributed by atoms with Crippen molar-refractivity contribution < 1.29 is 13.7 Å². The van der Waals surface area contributed by atoms with Gasteiger partial charge in [-0.1, -0.05) is 6.07 Å². The molecule has 1 aromatic carbocycles. The third-order valence-electron chi connectivity index (χ3n) is 3.25. The zero-order chi connectivity index (χ0) is 16.6. The minimum atomic E-state index is -2.27. The van der Waals surface area contributed by atoms with E-state index < -0.39 is 15.8 Å². The highest BCUT2D eigenvalue weighted by Crippen LogP contribution is 2.33. The number of amides is 1. The molecule has 0 bridgehead atoms. The molecule has 2 aromatic rings. The van der Waals surface area contributed by atoms with Crippen LogP contribution in [0.15, 0.2) is 40.8 Å². The lowest BCUT2D eigenvalue weighted by Gasteiger charge is -2.23. The zero-order valence-electron chi connectivity index (χ0n) is 13.1. The molecule has 120 valence electrons. The normalized spacial score (nSPS) is 17.0. The average molecular weight is 331 g/mol. The SMILES string of the molecule is CC1Oc2ccc(-c3cccc(N=S(C)(C)=O)n3)cc2NC1=O. The maximum absolute atomic E-state index is 11.8. The van der Waals surface area contributed by atoms with Crippen molar-refractivity contribution in [2.45, 2.75) is 13.0 Å². The van der Waals surface area contributed by atoms with Gasteiger partial charge in [0.1, 0.15) is 5.75 Å². The van der Waals surface area contributed by atoms with Crippen LogP contribution in [0.5, 0.6) is 5.75 Å². The van der Waals surface area contributed by atoms with Gasteiger partial charge >= 0.3 is 0 Å². The van der Waals surface area contributed by atoms with E-state index in [1.165, 1.54) is 0 Å². The van der Waals surface area contributed by atoms with Crippen LogP contribution in [0.3, 0.4) is 0 Å². The molecule has 1 unspecified atom stereocenters. The Labute approximate surface area is 135 Å². The number of ether oxygens (including phenoxy) is 1. The van der Waals surface area contributed by atoms with Crippen LogP contribution in [-0.2, 0) is 14.5 Å². The second-order valence-electron chi connectivity index (χ2n) is 5.61. The molecule has 3 rings (SSSR count). The van der Waals surface area contributed by atoms with Crippen molar-refractivity contribution in [3.63, 3.8) is 0 Å². The van der Waals surface area contributed by atoms with Gasteiger partial charge in [0.05, 0.1) is 11.4 Å². The van der Waals surface area contributed by atoms with Crippen molar-refractivity contribution >= 4 is 27.1 Å². The molecular weight excluding hydrogens is 314 g/mol. The Hall–Kier alpha value is -2.41. The van der Waals surface area contributed by atoms with E-state index in [0.717, 1.165) is 5.56 Å². The second-order valence-corrected chi connectivity index (χ2v) is 8.16. The first kappa shape index (κ1) is 15.5. The fourth-order valence-electron chi connectivity index (χ4n) is 2.23. The molecule has 0 spiro atoms. The van der Waals surface area contributed by atoms with E-state index in [9.17, 15) is 9.00 Å². The number of carbonyl (C=O) groups excluding carboxylic acids is 1. The van der Waals surface area contributed by atoms with E-state index in [4.69, 9.17) is 4.74 Å². The van der Waals surface area contributed by atoms with E-state index in [1.54, 1.807) is 37.6 Å². The highest BCUT2D eigenvalue weighted by Gasteiger charge is 2.23. The van der Waals surface area contributed by atoms with E-state index >= 15 is 0 Å². The number of rotatable bonds is 2. The number of nitrogens with zero attached hydrogens (tertiary/aromatic N) is 2. The Morgan fingerprint density at radius 3 is 2.78 bits per heavy atom. The summed E-state index contributed by atoms with van der Waals surface area (Å²) in [6, 6.07) is 10.8. The van der Waals surface area contributed by atoms with Crippen molar-refractivity contribution in [1.29, 1.82) is 0 Å². The van der Waals surface area contributed by atoms with Crippen molar-refractivity contribution in [3.05, 3.63) is 36.4 Å². The molecule has 1 aliphatic heterocycles. The topological polar surface area (TPSA) is 80.7 Å². The van der Waals surface area contributed by atoms with Crippen LogP contribution in [0.4, 0.5) is 11.5 Å². The third-order valence-corrected chi connectivity index (χ3v) is 3.88. The van der Waals surface area contributed by atoms with E-state index in [0.29, 0.717) is 22.9 Å². The molecule has 0 aliphatic carbocycles. The van der Waals surface area contributed by atoms with Crippen molar-refractivity contribution in [2.24, 2.45) is 4.36 Å². The Morgan fingerprint density at radius 2 is 2.04 bits per heavy atom. The Kier molecular flexibility index (Phi) is 3.81. The van der Waals surface area contributed by atoms with Gasteiger partial charge in [0.15, 0.2) is 11.9 Å². The van der Waals surface area contributed by atoms with Crippen LogP contribution >= 0.6 is 0 Å². The number of carbonyl (C=O) groups is 1. The van der Waals surface area contributed by atoms with Gasteiger partial charge in [-0.15, -0.1) is 0 Å². The highest BCUT2D eigenvalue weighted by atomic mass is 32.2. The summed E-state index contributed by atoms with van der Waals surface area (Å²) in [7, 11) is -2.27. The molecule has 7 heteroatoms. The predicted octanol–water partition coefficient (Wildman–Crippen LogP) is 2.83. The van der Waals surface area contributed by atoms with Gasteiger partial charge in [0.2, 0.25) is 0 Å². The van der Waals surface area contributed by atoms with Gasteiger partial charge < -0.3 is 10.1 Å². The monoisotopic (exact) mass is 331 g/mol. The van der Waals surface area contributed by atoms with Crippen LogP contribution in [0.25, 0.3) is 11.3 Å². The lowest BCUT2D eigenvalue weighted by atomic mass is 10.1. The van der Waals surface area contributed by atoms with Gasteiger partial charge in [-0.25, -0.2) is 9.19 Å². The van der Waals surface area contributed by atoms with Crippen LogP contribution < -0.4 is 10.1 Å². The molecule has 6 nitrogen and oxygen atoms in total. The molecule has 1 amide bonds. The van der Waals surface area contributed by atoms with Crippen molar-refractivity contribution in [1.82, 2.24) is 4.98 Å². The molecule has 2 heterocycles. The minimum Gasteiger partial charge on any atom is -0.479 e. The molecule has 0 radical (unpaired) electrons. The molecule has 1 atom stereocenters. The summed E-state index contributed by atoms with van der Waals surface area (Å²) in [4.78, 5) is 16.1. The van der Waals surface area contributed by atoms with Gasteiger partial charge in [0, 0.05) is 27.8 Å². The van der Waals surface area contributed by atoms with Gasteiger partial charge in [-0.05, 0) is 37.3 Å². The molecule has 0 fully saturated rings. The molecule has 23 heavy (non-hydrogen) atoms. The smallest absolute Gasteiger partial charge is 0.265 e. The lowest BCUT2D eigenvalue weighted by molar-refractivity contribution is -0.122. The standard InChI is InChI=1S/C16H17N3O3S/c1-10-16(20)18-13-9-11(7-8-14(13)22-10)12-5-4-6-15(17-12)19-23(2,3)21/h4-10H,1-3H3,(H,18,20). The lowest BCUT2D eigenvalue weighted by Crippen LogP contribution is -2.34. The molecule has 1 N–H and O–H groups in total. The Morgan fingerprint density at radius 1 is 1.26 bits per heavy atom. The van der Waals surface area contributed by atoms with Gasteiger partial charge in [-0.2, -0.15) is 4.36 Å². The molecule has 1 aliphatic rings. The molecule has 1 aromatic heterocycles. The first-order valence-electron chi connectivity index (χ1n) is 7.08. The van der Waals surface area contributed by atoms with E-state index in [1.807, 2.05) is 18.2 Å². The number of pyridine rings is 1. The van der Waals surface area contributed by atoms with Gasteiger partial charge in [-0.3, -0.25) is 4.79 Å². The number of aromatic nitrogens is 1. The van der Waals surface area contributed by atoms with Gasteiger partial charge in [0.25, 0.3) is 5.91 Å².